The number of nitriles is 1. The van der Waals surface area contributed by atoms with E-state index in [1.807, 2.05) is 23.5 Å². The molecule has 218 valence electrons. The van der Waals surface area contributed by atoms with Gasteiger partial charge in [-0.25, -0.2) is 0 Å². The van der Waals surface area contributed by atoms with E-state index in [-0.39, 0.29) is 0 Å². The summed E-state index contributed by atoms with van der Waals surface area (Å²) in [6.45, 7) is 0. The number of para-hydroxylation sites is 3. The van der Waals surface area contributed by atoms with E-state index < -0.39 is 0 Å². The fraction of sp³-hybridized carbons (Fsp3) is 0. The minimum Gasteiger partial charge on any atom is -0.309 e. The monoisotopic (exact) mass is 615 g/mol. The van der Waals surface area contributed by atoms with Crippen LogP contribution in [0.4, 0.5) is 0 Å². The molecule has 4 heteroatoms. The first-order valence-corrected chi connectivity index (χ1v) is 16.6. The summed E-state index contributed by atoms with van der Waals surface area (Å²) in [4.78, 5) is 0. The Kier molecular flexibility index (Phi) is 5.51. The summed E-state index contributed by atoms with van der Waals surface area (Å²) in [6, 6.07) is 56.7. The highest BCUT2D eigenvalue weighted by Crippen LogP contribution is 2.40. The van der Waals surface area contributed by atoms with E-state index >= 15 is 0 Å². The molecule has 0 unspecified atom stereocenters. The predicted octanol–water partition coefficient (Wildman–Crippen LogP) is 11.8. The quantitative estimate of drug-likeness (QED) is 0.195. The molecule has 0 radical (unpaired) electrons. The molecular formula is C43H25N3S. The van der Waals surface area contributed by atoms with Crippen molar-refractivity contribution in [3.8, 4) is 28.6 Å². The normalized spacial score (nSPS) is 11.8. The van der Waals surface area contributed by atoms with Crippen LogP contribution in [-0.2, 0) is 0 Å². The molecule has 0 aliphatic rings. The summed E-state index contributed by atoms with van der Waals surface area (Å²) >= 11 is 1.84. The van der Waals surface area contributed by atoms with Crippen molar-refractivity contribution in [1.82, 2.24) is 9.13 Å². The van der Waals surface area contributed by atoms with Gasteiger partial charge in [-0.2, -0.15) is 5.26 Å². The fourth-order valence-corrected chi connectivity index (χ4v) is 8.50. The van der Waals surface area contributed by atoms with Gasteiger partial charge in [0.15, 0.2) is 0 Å². The highest BCUT2D eigenvalue weighted by Gasteiger charge is 2.16. The van der Waals surface area contributed by atoms with E-state index in [9.17, 15) is 5.26 Å². The van der Waals surface area contributed by atoms with E-state index in [2.05, 4.69) is 155 Å². The molecular weight excluding hydrogens is 591 g/mol. The lowest BCUT2D eigenvalue weighted by atomic mass is 10.0. The van der Waals surface area contributed by atoms with Crippen molar-refractivity contribution in [2.45, 2.75) is 0 Å². The first-order chi connectivity index (χ1) is 23.2. The molecule has 0 fully saturated rings. The molecule has 0 spiro atoms. The van der Waals surface area contributed by atoms with Crippen molar-refractivity contribution in [1.29, 1.82) is 5.26 Å². The number of nitrogens with zero attached hydrogens (tertiary/aromatic N) is 3. The Balaban J connectivity index is 1.14. The summed E-state index contributed by atoms with van der Waals surface area (Å²) in [5.41, 5.74) is 10.0. The molecule has 7 aromatic carbocycles. The first-order valence-electron chi connectivity index (χ1n) is 15.7. The third-order valence-electron chi connectivity index (χ3n) is 9.53. The van der Waals surface area contributed by atoms with Gasteiger partial charge < -0.3 is 9.13 Å². The topological polar surface area (TPSA) is 33.6 Å². The molecule has 0 amide bonds. The molecule has 3 heterocycles. The van der Waals surface area contributed by atoms with Gasteiger partial charge in [0.1, 0.15) is 0 Å². The van der Waals surface area contributed by atoms with Crippen LogP contribution in [-0.4, -0.2) is 9.13 Å². The van der Waals surface area contributed by atoms with E-state index in [4.69, 9.17) is 0 Å². The van der Waals surface area contributed by atoms with Crippen molar-refractivity contribution in [2.75, 3.05) is 0 Å². The Bertz CT molecular complexity index is 2880. The standard InChI is InChI=1S/C43H25N3S/c44-26-27-16-19-41-35(22-27)34-12-3-6-15-40(34)46(41)31-18-21-43-37(25-31)36-24-29(17-20-42(36)47-43)28-8-7-9-30(23-28)45-38-13-4-1-10-32(38)33-11-2-5-14-39(33)45/h1-25H. The largest absolute Gasteiger partial charge is 0.309 e. The molecule has 3 aromatic heterocycles. The van der Waals surface area contributed by atoms with Crippen LogP contribution >= 0.6 is 11.3 Å². The van der Waals surface area contributed by atoms with Gasteiger partial charge >= 0.3 is 0 Å². The van der Waals surface area contributed by atoms with Crippen molar-refractivity contribution < 1.29 is 0 Å². The average molecular weight is 616 g/mol. The second-order valence-electron chi connectivity index (χ2n) is 12.1. The first kappa shape index (κ1) is 26.1. The van der Waals surface area contributed by atoms with E-state index in [1.165, 1.54) is 53.1 Å². The van der Waals surface area contributed by atoms with Crippen LogP contribution in [0.3, 0.4) is 0 Å². The lowest BCUT2D eigenvalue weighted by molar-refractivity contribution is 1.18. The van der Waals surface area contributed by atoms with Crippen LogP contribution < -0.4 is 0 Å². The van der Waals surface area contributed by atoms with Crippen LogP contribution in [0.15, 0.2) is 152 Å². The Labute approximate surface area is 274 Å². The van der Waals surface area contributed by atoms with E-state index in [1.54, 1.807) is 0 Å². The van der Waals surface area contributed by atoms with Gasteiger partial charge in [-0.3, -0.25) is 0 Å². The molecule has 10 rings (SSSR count). The lowest BCUT2D eigenvalue weighted by Gasteiger charge is -2.11. The van der Waals surface area contributed by atoms with Gasteiger partial charge in [-0.1, -0.05) is 72.8 Å². The summed E-state index contributed by atoms with van der Waals surface area (Å²) in [5.74, 6) is 0. The molecule has 0 saturated carbocycles. The predicted molar refractivity (Wildman–Crippen MR) is 198 cm³/mol. The molecule has 0 saturated heterocycles. The summed E-state index contributed by atoms with van der Waals surface area (Å²) in [6.07, 6.45) is 0. The highest BCUT2D eigenvalue weighted by atomic mass is 32.1. The number of aromatic nitrogens is 2. The summed E-state index contributed by atoms with van der Waals surface area (Å²) in [7, 11) is 0. The maximum absolute atomic E-state index is 9.58. The molecule has 3 nitrogen and oxygen atoms in total. The Morgan fingerprint density at radius 2 is 0.957 bits per heavy atom. The number of fused-ring (bicyclic) bond motifs is 9. The fourth-order valence-electron chi connectivity index (χ4n) is 7.43. The van der Waals surface area contributed by atoms with E-state index in [0.29, 0.717) is 5.56 Å². The molecule has 47 heavy (non-hydrogen) atoms. The van der Waals surface area contributed by atoms with Crippen molar-refractivity contribution >= 4 is 75.1 Å². The Hall–Kier alpha value is -6.15. The number of hydrogen-bond acceptors (Lipinski definition) is 2. The molecule has 0 bridgehead atoms. The second-order valence-corrected chi connectivity index (χ2v) is 13.2. The molecule has 0 aliphatic carbocycles. The van der Waals surface area contributed by atoms with Crippen LogP contribution in [0.1, 0.15) is 5.56 Å². The minimum absolute atomic E-state index is 0.675. The molecule has 0 aliphatic heterocycles. The van der Waals surface area contributed by atoms with Crippen LogP contribution in [0.5, 0.6) is 0 Å². The highest BCUT2D eigenvalue weighted by molar-refractivity contribution is 7.25. The zero-order valence-electron chi connectivity index (χ0n) is 25.2. The van der Waals surface area contributed by atoms with Crippen molar-refractivity contribution in [2.24, 2.45) is 0 Å². The Morgan fingerprint density at radius 3 is 1.64 bits per heavy atom. The summed E-state index contributed by atoms with van der Waals surface area (Å²) in [5, 5.41) is 16.9. The zero-order chi connectivity index (χ0) is 31.1. The smallest absolute Gasteiger partial charge is 0.0991 e. The van der Waals surface area contributed by atoms with Crippen LogP contribution in [0.25, 0.3) is 86.3 Å². The zero-order valence-corrected chi connectivity index (χ0v) is 26.0. The van der Waals surface area contributed by atoms with Gasteiger partial charge in [0, 0.05) is 53.1 Å². The number of rotatable bonds is 3. The van der Waals surface area contributed by atoms with Gasteiger partial charge in [-0.15, -0.1) is 11.3 Å². The van der Waals surface area contributed by atoms with Crippen molar-refractivity contribution in [3.05, 3.63) is 157 Å². The third-order valence-corrected chi connectivity index (χ3v) is 10.7. The molecule has 10 aromatic rings. The van der Waals surface area contributed by atoms with Gasteiger partial charge in [0.05, 0.1) is 33.7 Å². The van der Waals surface area contributed by atoms with Gasteiger partial charge in [0.2, 0.25) is 0 Å². The van der Waals surface area contributed by atoms with Crippen LogP contribution in [0.2, 0.25) is 0 Å². The van der Waals surface area contributed by atoms with Crippen LogP contribution in [0, 0.1) is 11.3 Å². The second kappa shape index (κ2) is 9.92. The Morgan fingerprint density at radius 1 is 0.404 bits per heavy atom. The van der Waals surface area contributed by atoms with Gasteiger partial charge in [0.25, 0.3) is 0 Å². The number of benzene rings is 7. The number of thiophene rings is 1. The summed E-state index contributed by atoms with van der Waals surface area (Å²) < 4.78 is 7.26. The average Bonchev–Trinajstić information content (AvgIpc) is 3.78. The lowest BCUT2D eigenvalue weighted by Crippen LogP contribution is -1.94. The third kappa shape index (κ3) is 3.85. The number of hydrogen-bond donors (Lipinski definition) is 0. The minimum atomic E-state index is 0.675. The molecule has 0 atom stereocenters. The van der Waals surface area contributed by atoms with E-state index in [0.717, 1.165) is 33.2 Å². The van der Waals surface area contributed by atoms with Crippen molar-refractivity contribution in [3.63, 3.8) is 0 Å². The molecule has 0 N–H and O–H groups in total. The maximum Gasteiger partial charge on any atom is 0.0991 e. The maximum atomic E-state index is 9.58. The van der Waals surface area contributed by atoms with Gasteiger partial charge in [-0.05, 0) is 90.0 Å². The SMILES string of the molecule is N#Cc1ccc2c(c1)c1ccccc1n2-c1ccc2sc3ccc(-c4cccc(-n5c6ccccc6c6ccccc65)c4)cc3c2c1.